The number of halogens is 1. The summed E-state index contributed by atoms with van der Waals surface area (Å²) in [5.41, 5.74) is 1.68. The lowest BCUT2D eigenvalue weighted by Crippen LogP contribution is -2.32. The van der Waals surface area contributed by atoms with Gasteiger partial charge in [0.15, 0.2) is 11.7 Å². The van der Waals surface area contributed by atoms with E-state index in [1.54, 1.807) is 48.7 Å². The van der Waals surface area contributed by atoms with Crippen molar-refractivity contribution < 1.29 is 14.0 Å². The Labute approximate surface area is 133 Å². The van der Waals surface area contributed by atoms with Crippen LogP contribution in [0.1, 0.15) is 21.7 Å². The molecule has 1 atom stereocenters. The van der Waals surface area contributed by atoms with E-state index in [9.17, 15) is 14.0 Å². The minimum absolute atomic E-state index is 0.237. The Hall–Kier alpha value is -2.94. The van der Waals surface area contributed by atoms with Crippen LogP contribution in [0.5, 0.6) is 0 Å². The monoisotopic (exact) mass is 313 g/mol. The van der Waals surface area contributed by atoms with E-state index < -0.39 is 23.4 Å². The van der Waals surface area contributed by atoms with E-state index in [0.29, 0.717) is 17.1 Å². The largest absolute Gasteiger partial charge is 0.358 e. The third-order valence-electron chi connectivity index (χ3n) is 3.69. The maximum Gasteiger partial charge on any atom is 0.245 e. The molecule has 0 saturated heterocycles. The number of hydrogen-bond acceptors (Lipinski definition) is 3. The first kappa shape index (κ1) is 16.4. The number of aryl methyl sites for hydroxylation is 1. The fourth-order valence-electron chi connectivity index (χ4n) is 2.55. The molecule has 0 fully saturated rings. The molecule has 0 saturated carbocycles. The number of benzene rings is 1. The van der Waals surface area contributed by atoms with E-state index in [2.05, 4.69) is 5.32 Å². The molecule has 5 nitrogen and oxygen atoms in total. The number of nitrogens with one attached hydrogen (secondary N) is 1. The second kappa shape index (κ2) is 6.44. The summed E-state index contributed by atoms with van der Waals surface area (Å²) in [6.45, 7) is 3.39. The van der Waals surface area contributed by atoms with Crippen LogP contribution < -0.4 is 5.32 Å². The summed E-state index contributed by atoms with van der Waals surface area (Å²) >= 11 is 0. The van der Waals surface area contributed by atoms with Crippen molar-refractivity contribution in [3.8, 4) is 11.8 Å². The van der Waals surface area contributed by atoms with Crippen LogP contribution in [0.2, 0.25) is 0 Å². The summed E-state index contributed by atoms with van der Waals surface area (Å²) < 4.78 is 15.6. The summed E-state index contributed by atoms with van der Waals surface area (Å²) in [5, 5.41) is 11.4. The van der Waals surface area contributed by atoms with E-state index in [0.717, 1.165) is 0 Å². The van der Waals surface area contributed by atoms with Gasteiger partial charge in [-0.05, 0) is 32.0 Å². The van der Waals surface area contributed by atoms with Crippen LogP contribution in [0, 0.1) is 36.9 Å². The summed E-state index contributed by atoms with van der Waals surface area (Å²) in [7, 11) is 1.36. The summed E-state index contributed by atoms with van der Waals surface area (Å²) in [5.74, 6) is -3.10. The molecule has 2 aromatic rings. The van der Waals surface area contributed by atoms with Gasteiger partial charge in [0.25, 0.3) is 0 Å². The third-order valence-corrected chi connectivity index (χ3v) is 3.69. The van der Waals surface area contributed by atoms with Crippen LogP contribution in [0.15, 0.2) is 30.3 Å². The number of carbonyl (C=O) groups excluding carboxylic acids is 2. The molecule has 1 heterocycles. The molecule has 6 heteroatoms. The number of ketones is 1. The lowest BCUT2D eigenvalue weighted by Gasteiger charge is -2.11. The summed E-state index contributed by atoms with van der Waals surface area (Å²) in [6.07, 6.45) is 0. The molecule has 0 aliphatic rings. The molecule has 0 spiro atoms. The standard InChI is InChI=1S/C17H16FN3O2/c1-10-8-12(16(22)13(9-19)17(23)20-3)11(2)21(10)15-7-5-4-6-14(15)18/h4-8,13H,1-3H3,(H,20,23)/t13-/m1/s1. The minimum Gasteiger partial charge on any atom is -0.358 e. The van der Waals surface area contributed by atoms with Gasteiger partial charge < -0.3 is 9.88 Å². The van der Waals surface area contributed by atoms with Crippen LogP contribution in [0.4, 0.5) is 4.39 Å². The number of amides is 1. The predicted molar refractivity (Wildman–Crippen MR) is 82.7 cm³/mol. The Kier molecular flexibility index (Phi) is 4.60. The zero-order chi connectivity index (χ0) is 17.1. The Balaban J connectivity index is 2.55. The molecule has 1 aromatic heterocycles. The molecule has 1 N–H and O–H groups in total. The average molecular weight is 313 g/mol. The van der Waals surface area contributed by atoms with Crippen molar-refractivity contribution >= 4 is 11.7 Å². The van der Waals surface area contributed by atoms with E-state index in [4.69, 9.17) is 5.26 Å². The van der Waals surface area contributed by atoms with Crippen molar-refractivity contribution in [3.63, 3.8) is 0 Å². The van der Waals surface area contributed by atoms with Crippen molar-refractivity contribution in [2.75, 3.05) is 7.05 Å². The second-order valence-corrected chi connectivity index (χ2v) is 5.11. The first-order valence-electron chi connectivity index (χ1n) is 7.01. The number of nitrogens with zero attached hydrogens (tertiary/aromatic N) is 2. The number of carbonyl (C=O) groups is 2. The highest BCUT2D eigenvalue weighted by Gasteiger charge is 2.29. The maximum absolute atomic E-state index is 14.0. The van der Waals surface area contributed by atoms with Crippen molar-refractivity contribution in [2.24, 2.45) is 5.92 Å². The molecule has 0 bridgehead atoms. The fraction of sp³-hybridized carbons (Fsp3) is 0.235. The van der Waals surface area contributed by atoms with Crippen LogP contribution in [0.3, 0.4) is 0 Å². The lowest BCUT2D eigenvalue weighted by atomic mass is 9.98. The van der Waals surface area contributed by atoms with Gasteiger partial charge in [0.1, 0.15) is 5.82 Å². The van der Waals surface area contributed by atoms with E-state index in [1.807, 2.05) is 0 Å². The number of aromatic nitrogens is 1. The highest BCUT2D eigenvalue weighted by Crippen LogP contribution is 2.24. The number of Topliss-reactive ketones (excluding diaryl/α,β-unsaturated/α-hetero) is 1. The maximum atomic E-state index is 14.0. The molecule has 23 heavy (non-hydrogen) atoms. The zero-order valence-electron chi connectivity index (χ0n) is 13.1. The van der Waals surface area contributed by atoms with E-state index >= 15 is 0 Å². The number of para-hydroxylation sites is 1. The van der Waals surface area contributed by atoms with Crippen LogP contribution in [-0.2, 0) is 4.79 Å². The molecule has 0 aliphatic heterocycles. The Morgan fingerprint density at radius 1 is 1.30 bits per heavy atom. The summed E-state index contributed by atoms with van der Waals surface area (Å²) in [4.78, 5) is 24.2. The van der Waals surface area contributed by atoms with E-state index in [1.165, 1.54) is 13.1 Å². The van der Waals surface area contributed by atoms with Gasteiger partial charge in [-0.15, -0.1) is 0 Å². The van der Waals surface area contributed by atoms with Gasteiger partial charge in [-0.25, -0.2) is 4.39 Å². The number of nitriles is 1. The van der Waals surface area contributed by atoms with Gasteiger partial charge in [-0.1, -0.05) is 12.1 Å². The topological polar surface area (TPSA) is 74.9 Å². The van der Waals surface area contributed by atoms with Gasteiger partial charge in [-0.3, -0.25) is 9.59 Å². The van der Waals surface area contributed by atoms with Gasteiger partial charge in [0, 0.05) is 24.0 Å². The quantitative estimate of drug-likeness (QED) is 0.695. The molecule has 0 unspecified atom stereocenters. The molecular formula is C17H16FN3O2. The Morgan fingerprint density at radius 2 is 1.96 bits per heavy atom. The van der Waals surface area contributed by atoms with Crippen molar-refractivity contribution in [1.82, 2.24) is 9.88 Å². The zero-order valence-corrected chi connectivity index (χ0v) is 13.1. The van der Waals surface area contributed by atoms with Gasteiger partial charge >= 0.3 is 0 Å². The molecule has 2 rings (SSSR count). The number of rotatable bonds is 4. The van der Waals surface area contributed by atoms with Crippen molar-refractivity contribution in [2.45, 2.75) is 13.8 Å². The van der Waals surface area contributed by atoms with Crippen LogP contribution in [0.25, 0.3) is 5.69 Å². The smallest absolute Gasteiger partial charge is 0.245 e. The SMILES string of the molecule is CNC(=O)[C@H](C#N)C(=O)c1cc(C)n(-c2ccccc2F)c1C. The lowest BCUT2D eigenvalue weighted by molar-refractivity contribution is -0.121. The molecule has 1 amide bonds. The third kappa shape index (κ3) is 2.86. The van der Waals surface area contributed by atoms with E-state index in [-0.39, 0.29) is 5.56 Å². The second-order valence-electron chi connectivity index (χ2n) is 5.11. The summed E-state index contributed by atoms with van der Waals surface area (Å²) in [6, 6.07) is 9.49. The predicted octanol–water partition coefficient (Wildman–Crippen LogP) is 2.30. The highest BCUT2D eigenvalue weighted by atomic mass is 19.1. The highest BCUT2D eigenvalue weighted by molar-refractivity contribution is 6.12. The molecule has 1 aromatic carbocycles. The van der Waals surface area contributed by atoms with Crippen LogP contribution >= 0.6 is 0 Å². The molecule has 0 radical (unpaired) electrons. The molecule has 0 aliphatic carbocycles. The van der Waals surface area contributed by atoms with Gasteiger partial charge in [0.2, 0.25) is 5.91 Å². The van der Waals surface area contributed by atoms with Gasteiger partial charge in [-0.2, -0.15) is 5.26 Å². The van der Waals surface area contributed by atoms with Crippen molar-refractivity contribution in [1.29, 1.82) is 5.26 Å². The molecular weight excluding hydrogens is 297 g/mol. The Morgan fingerprint density at radius 3 is 2.52 bits per heavy atom. The Bertz CT molecular complexity index is 818. The van der Waals surface area contributed by atoms with Crippen LogP contribution in [-0.4, -0.2) is 23.3 Å². The normalized spacial score (nSPS) is 11.6. The number of hydrogen-bond donors (Lipinski definition) is 1. The van der Waals surface area contributed by atoms with Gasteiger partial charge in [0.05, 0.1) is 11.8 Å². The fourth-order valence-corrected chi connectivity index (χ4v) is 2.55. The minimum atomic E-state index is -1.42. The first-order chi connectivity index (χ1) is 10.9. The molecule has 118 valence electrons. The average Bonchev–Trinajstić information content (AvgIpc) is 2.83. The van der Waals surface area contributed by atoms with Crippen molar-refractivity contribution in [3.05, 3.63) is 53.1 Å². The first-order valence-corrected chi connectivity index (χ1v) is 7.01.